The van der Waals surface area contributed by atoms with E-state index < -0.39 is 0 Å². The van der Waals surface area contributed by atoms with Crippen LogP contribution in [-0.4, -0.2) is 12.4 Å². The SMILES string of the molecule is CCOc1ccc(Oc2ccc(C)cc2C(=N)N)cc1. The fourth-order valence-electron chi connectivity index (χ4n) is 1.84. The normalized spacial score (nSPS) is 10.1. The van der Waals surface area contributed by atoms with Crippen LogP contribution in [0.1, 0.15) is 18.1 Å². The number of ether oxygens (including phenoxy) is 2. The van der Waals surface area contributed by atoms with Crippen LogP contribution in [-0.2, 0) is 0 Å². The van der Waals surface area contributed by atoms with Crippen LogP contribution < -0.4 is 15.2 Å². The molecule has 2 aromatic carbocycles. The number of nitrogen functional groups attached to an aromatic ring is 1. The van der Waals surface area contributed by atoms with Crippen molar-refractivity contribution in [3.05, 3.63) is 53.6 Å². The van der Waals surface area contributed by atoms with Gasteiger partial charge in [0.25, 0.3) is 0 Å². The summed E-state index contributed by atoms with van der Waals surface area (Å²) < 4.78 is 11.2. The highest BCUT2D eigenvalue weighted by Gasteiger charge is 2.08. The molecular formula is C16H18N2O2. The Labute approximate surface area is 118 Å². The van der Waals surface area contributed by atoms with Crippen molar-refractivity contribution in [1.29, 1.82) is 5.41 Å². The maximum absolute atomic E-state index is 7.61. The first-order chi connectivity index (χ1) is 9.60. The predicted octanol–water partition coefficient (Wildman–Crippen LogP) is 3.47. The second-order valence-electron chi connectivity index (χ2n) is 4.42. The van der Waals surface area contributed by atoms with E-state index in [2.05, 4.69) is 0 Å². The van der Waals surface area contributed by atoms with Gasteiger partial charge in [0.15, 0.2) is 0 Å². The molecule has 0 aliphatic heterocycles. The third kappa shape index (κ3) is 3.29. The molecule has 20 heavy (non-hydrogen) atoms. The van der Waals surface area contributed by atoms with Crippen LogP contribution in [0.4, 0.5) is 0 Å². The molecule has 0 saturated carbocycles. The van der Waals surface area contributed by atoms with Gasteiger partial charge in [-0.25, -0.2) is 0 Å². The van der Waals surface area contributed by atoms with Crippen molar-refractivity contribution in [1.82, 2.24) is 0 Å². The molecule has 0 aliphatic rings. The van der Waals surface area contributed by atoms with E-state index in [1.165, 1.54) is 0 Å². The van der Waals surface area contributed by atoms with Crippen molar-refractivity contribution >= 4 is 5.84 Å². The van der Waals surface area contributed by atoms with Gasteiger partial charge in [0.1, 0.15) is 23.1 Å². The zero-order valence-corrected chi connectivity index (χ0v) is 11.6. The van der Waals surface area contributed by atoms with E-state index in [-0.39, 0.29) is 5.84 Å². The van der Waals surface area contributed by atoms with Crippen LogP contribution in [0.3, 0.4) is 0 Å². The Morgan fingerprint density at radius 1 is 1.10 bits per heavy atom. The molecule has 2 rings (SSSR count). The highest BCUT2D eigenvalue weighted by molar-refractivity contribution is 5.97. The Morgan fingerprint density at radius 3 is 2.35 bits per heavy atom. The summed E-state index contributed by atoms with van der Waals surface area (Å²) in [6, 6.07) is 12.9. The van der Waals surface area contributed by atoms with E-state index in [4.69, 9.17) is 20.6 Å². The topological polar surface area (TPSA) is 68.3 Å². The lowest BCUT2D eigenvalue weighted by atomic mass is 10.1. The van der Waals surface area contributed by atoms with Gasteiger partial charge in [0, 0.05) is 0 Å². The molecule has 0 spiro atoms. The summed E-state index contributed by atoms with van der Waals surface area (Å²) in [6.45, 7) is 4.52. The average molecular weight is 270 g/mol. The Morgan fingerprint density at radius 2 is 1.75 bits per heavy atom. The van der Waals surface area contributed by atoms with E-state index in [0.29, 0.717) is 23.7 Å². The molecule has 4 nitrogen and oxygen atoms in total. The summed E-state index contributed by atoms with van der Waals surface area (Å²) >= 11 is 0. The minimum Gasteiger partial charge on any atom is -0.494 e. The molecule has 0 saturated heterocycles. The van der Waals surface area contributed by atoms with Crippen LogP contribution in [0.2, 0.25) is 0 Å². The fraction of sp³-hybridized carbons (Fsp3) is 0.188. The zero-order valence-electron chi connectivity index (χ0n) is 11.6. The summed E-state index contributed by atoms with van der Waals surface area (Å²) in [7, 11) is 0. The number of amidine groups is 1. The zero-order chi connectivity index (χ0) is 14.5. The second-order valence-corrected chi connectivity index (χ2v) is 4.42. The molecule has 0 unspecified atom stereocenters. The lowest BCUT2D eigenvalue weighted by Gasteiger charge is -2.11. The van der Waals surface area contributed by atoms with E-state index in [1.54, 1.807) is 0 Å². The third-order valence-corrected chi connectivity index (χ3v) is 2.79. The summed E-state index contributed by atoms with van der Waals surface area (Å²) in [5.41, 5.74) is 7.22. The summed E-state index contributed by atoms with van der Waals surface area (Å²) in [5, 5.41) is 7.61. The van der Waals surface area contributed by atoms with Gasteiger partial charge in [-0.3, -0.25) is 5.41 Å². The third-order valence-electron chi connectivity index (χ3n) is 2.79. The largest absolute Gasteiger partial charge is 0.494 e. The summed E-state index contributed by atoms with van der Waals surface area (Å²) in [4.78, 5) is 0. The maximum atomic E-state index is 7.61. The Hall–Kier alpha value is -2.49. The van der Waals surface area contributed by atoms with E-state index in [9.17, 15) is 0 Å². The summed E-state index contributed by atoms with van der Waals surface area (Å²) in [6.07, 6.45) is 0. The number of nitrogens with one attached hydrogen (secondary N) is 1. The number of benzene rings is 2. The predicted molar refractivity (Wildman–Crippen MR) is 79.9 cm³/mol. The number of rotatable bonds is 5. The maximum Gasteiger partial charge on any atom is 0.138 e. The van der Waals surface area contributed by atoms with E-state index in [1.807, 2.05) is 56.3 Å². The van der Waals surface area contributed by atoms with Crippen LogP contribution in [0.25, 0.3) is 0 Å². The van der Waals surface area contributed by atoms with Gasteiger partial charge < -0.3 is 15.2 Å². The average Bonchev–Trinajstić information content (AvgIpc) is 2.43. The highest BCUT2D eigenvalue weighted by Crippen LogP contribution is 2.27. The minimum atomic E-state index is -0.00497. The molecule has 0 atom stereocenters. The first-order valence-corrected chi connectivity index (χ1v) is 6.46. The molecule has 3 N–H and O–H groups in total. The first-order valence-electron chi connectivity index (χ1n) is 6.46. The van der Waals surface area contributed by atoms with Gasteiger partial charge in [-0.1, -0.05) is 11.6 Å². The lowest BCUT2D eigenvalue weighted by Crippen LogP contribution is -2.12. The first kappa shape index (κ1) is 13.9. The molecular weight excluding hydrogens is 252 g/mol. The van der Waals surface area contributed by atoms with Crippen LogP contribution in [0.5, 0.6) is 17.2 Å². The number of hydrogen-bond donors (Lipinski definition) is 2. The van der Waals surface area contributed by atoms with Crippen molar-refractivity contribution < 1.29 is 9.47 Å². The van der Waals surface area contributed by atoms with Crippen molar-refractivity contribution in [2.24, 2.45) is 5.73 Å². The van der Waals surface area contributed by atoms with Crippen molar-refractivity contribution in [2.75, 3.05) is 6.61 Å². The molecule has 0 fully saturated rings. The highest BCUT2D eigenvalue weighted by atomic mass is 16.5. The van der Waals surface area contributed by atoms with E-state index >= 15 is 0 Å². The molecule has 2 aromatic rings. The second kappa shape index (κ2) is 6.10. The lowest BCUT2D eigenvalue weighted by molar-refractivity contribution is 0.339. The molecule has 0 amide bonds. The molecule has 0 heterocycles. The van der Waals surface area contributed by atoms with Crippen molar-refractivity contribution in [3.63, 3.8) is 0 Å². The van der Waals surface area contributed by atoms with E-state index in [0.717, 1.165) is 11.3 Å². The molecule has 0 aliphatic carbocycles. The number of aryl methyl sites for hydroxylation is 1. The minimum absolute atomic E-state index is 0.00497. The van der Waals surface area contributed by atoms with Gasteiger partial charge in [0.2, 0.25) is 0 Å². The Kier molecular flexibility index (Phi) is 4.25. The Balaban J connectivity index is 2.23. The molecule has 104 valence electrons. The van der Waals surface area contributed by atoms with Crippen LogP contribution in [0, 0.1) is 12.3 Å². The quantitative estimate of drug-likeness (QED) is 0.645. The fourth-order valence-corrected chi connectivity index (χ4v) is 1.84. The van der Waals surface area contributed by atoms with Gasteiger partial charge in [-0.15, -0.1) is 0 Å². The molecule has 4 heteroatoms. The Bertz CT molecular complexity index is 606. The van der Waals surface area contributed by atoms with Crippen LogP contribution >= 0.6 is 0 Å². The monoisotopic (exact) mass is 270 g/mol. The molecule has 0 bridgehead atoms. The standard InChI is InChI=1S/C16H18N2O2/c1-3-19-12-5-7-13(8-6-12)20-15-9-4-11(2)10-14(15)16(17)18/h4-10H,3H2,1-2H3,(H3,17,18). The van der Waals surface area contributed by atoms with Gasteiger partial charge in [-0.2, -0.15) is 0 Å². The molecule has 0 radical (unpaired) electrons. The van der Waals surface area contributed by atoms with Crippen molar-refractivity contribution in [3.8, 4) is 17.2 Å². The van der Waals surface area contributed by atoms with Crippen LogP contribution in [0.15, 0.2) is 42.5 Å². The van der Waals surface area contributed by atoms with Crippen molar-refractivity contribution in [2.45, 2.75) is 13.8 Å². The van der Waals surface area contributed by atoms with Gasteiger partial charge >= 0.3 is 0 Å². The smallest absolute Gasteiger partial charge is 0.138 e. The number of nitrogens with two attached hydrogens (primary N) is 1. The summed E-state index contributed by atoms with van der Waals surface area (Å²) in [5.74, 6) is 2.05. The van der Waals surface area contributed by atoms with Gasteiger partial charge in [0.05, 0.1) is 12.2 Å². The molecule has 0 aromatic heterocycles. The number of hydrogen-bond acceptors (Lipinski definition) is 3. The van der Waals surface area contributed by atoms with Gasteiger partial charge in [-0.05, 0) is 50.2 Å².